The van der Waals surface area contributed by atoms with Crippen molar-refractivity contribution in [1.29, 1.82) is 0 Å². The van der Waals surface area contributed by atoms with E-state index in [1.807, 2.05) is 45.0 Å². The van der Waals surface area contributed by atoms with Gasteiger partial charge in [0, 0.05) is 12.6 Å². The van der Waals surface area contributed by atoms with Gasteiger partial charge in [0.1, 0.15) is 0 Å². The number of hydrogen-bond donors (Lipinski definition) is 0. The van der Waals surface area contributed by atoms with Crippen LogP contribution in [0.4, 0.5) is 11.4 Å². The van der Waals surface area contributed by atoms with Crippen LogP contribution in [0.1, 0.15) is 25.0 Å². The molecule has 1 heterocycles. The lowest BCUT2D eigenvalue weighted by Gasteiger charge is -2.17. The topological polar surface area (TPSA) is 75.8 Å². The van der Waals surface area contributed by atoms with Crippen LogP contribution in [-0.4, -0.2) is 27.4 Å². The third-order valence-electron chi connectivity index (χ3n) is 4.16. The van der Waals surface area contributed by atoms with Crippen molar-refractivity contribution in [1.82, 2.24) is 4.90 Å². The van der Waals surface area contributed by atoms with Crippen LogP contribution in [0.5, 0.6) is 0 Å². The highest BCUT2D eigenvalue weighted by Gasteiger charge is 2.33. The Hall–Kier alpha value is -2.45. The zero-order chi connectivity index (χ0) is 21.1. The maximum Gasteiger partial charge on any atom is 0.284 e. The Kier molecular flexibility index (Phi) is 6.54. The molecule has 1 amide bonds. The van der Waals surface area contributed by atoms with Gasteiger partial charge in [0.25, 0.3) is 11.6 Å². The summed E-state index contributed by atoms with van der Waals surface area (Å²) in [5, 5.41) is 11.8. The van der Waals surface area contributed by atoms with Crippen molar-refractivity contribution in [3.05, 3.63) is 73.1 Å². The minimum Gasteiger partial charge on any atom is -0.286 e. The molecule has 0 N–H and O–H groups in total. The fourth-order valence-corrected chi connectivity index (χ4v) is 4.16. The van der Waals surface area contributed by atoms with Gasteiger partial charge >= 0.3 is 0 Å². The van der Waals surface area contributed by atoms with Crippen LogP contribution < -0.4 is 0 Å². The summed E-state index contributed by atoms with van der Waals surface area (Å²) in [6, 6.07) is 12.6. The summed E-state index contributed by atoms with van der Waals surface area (Å²) in [5.41, 5.74) is 2.47. The molecule has 0 spiro atoms. The third kappa shape index (κ3) is 5.13. The van der Waals surface area contributed by atoms with Crippen molar-refractivity contribution in [2.24, 2.45) is 10.9 Å². The predicted molar refractivity (Wildman–Crippen MR) is 121 cm³/mol. The highest BCUT2D eigenvalue weighted by molar-refractivity contribution is 9.10. The number of benzene rings is 2. The molecule has 1 aliphatic rings. The van der Waals surface area contributed by atoms with Gasteiger partial charge in [-0.05, 0) is 70.4 Å². The lowest BCUT2D eigenvalue weighted by Crippen LogP contribution is -2.32. The highest BCUT2D eigenvalue weighted by Crippen LogP contribution is 2.35. The summed E-state index contributed by atoms with van der Waals surface area (Å²) in [5.74, 6) is 0.135. The van der Waals surface area contributed by atoms with Crippen LogP contribution in [0.15, 0.2) is 56.8 Å². The number of aliphatic imine (C=N–C) groups is 1. The molecule has 0 atom stereocenters. The first-order valence-electron chi connectivity index (χ1n) is 9.05. The predicted octanol–water partition coefficient (Wildman–Crippen LogP) is 5.93. The van der Waals surface area contributed by atoms with Crippen molar-refractivity contribution in [3.63, 3.8) is 0 Å². The molecule has 29 heavy (non-hydrogen) atoms. The van der Waals surface area contributed by atoms with E-state index in [0.29, 0.717) is 26.7 Å². The molecule has 1 fully saturated rings. The second kappa shape index (κ2) is 8.92. The van der Waals surface area contributed by atoms with Gasteiger partial charge in [0.15, 0.2) is 5.17 Å². The van der Waals surface area contributed by atoms with Crippen LogP contribution in [0.25, 0.3) is 6.08 Å². The molecule has 6 nitrogen and oxygen atoms in total. The van der Waals surface area contributed by atoms with E-state index in [-0.39, 0.29) is 17.5 Å². The van der Waals surface area contributed by atoms with Crippen molar-refractivity contribution in [2.45, 2.75) is 20.8 Å². The molecule has 1 aliphatic heterocycles. The SMILES string of the molecule is Cc1ccc(N=C2S/C(=C/c3ccc(Br)c([N+](=O)[O-])c3)C(=O)N2CC(C)C)cc1. The summed E-state index contributed by atoms with van der Waals surface area (Å²) in [6.07, 6.45) is 1.68. The Labute approximate surface area is 182 Å². The van der Waals surface area contributed by atoms with E-state index in [1.165, 1.54) is 17.8 Å². The first kappa shape index (κ1) is 21.3. The number of carbonyl (C=O) groups excluding carboxylic acids is 1. The van der Waals surface area contributed by atoms with Crippen LogP contribution in [0, 0.1) is 23.0 Å². The number of nitrogens with zero attached hydrogens (tertiary/aromatic N) is 3. The fraction of sp³-hybridized carbons (Fsp3) is 0.238. The van der Waals surface area contributed by atoms with Crippen molar-refractivity contribution in [2.75, 3.05) is 6.54 Å². The van der Waals surface area contributed by atoms with Gasteiger partial charge in [-0.3, -0.25) is 19.8 Å². The molecule has 150 valence electrons. The van der Waals surface area contributed by atoms with E-state index in [2.05, 4.69) is 20.9 Å². The molecule has 0 radical (unpaired) electrons. The highest BCUT2D eigenvalue weighted by atomic mass is 79.9. The Morgan fingerprint density at radius 3 is 2.55 bits per heavy atom. The zero-order valence-corrected chi connectivity index (χ0v) is 18.7. The molecule has 0 bridgehead atoms. The standard InChI is InChI=1S/C21H20BrN3O3S/c1-13(2)12-24-20(26)19(11-15-6-9-17(22)18(10-15)25(27)28)29-21(24)23-16-7-4-14(3)5-8-16/h4-11,13H,12H2,1-3H3/b19-11+,23-21?. The number of nitro groups is 1. The number of nitro benzene ring substituents is 1. The number of amidine groups is 1. The normalized spacial score (nSPS) is 17.0. The molecular weight excluding hydrogens is 454 g/mol. The van der Waals surface area contributed by atoms with Crippen LogP contribution >= 0.6 is 27.7 Å². The molecule has 1 saturated heterocycles. The second-order valence-corrected chi connectivity index (χ2v) is 8.98. The van der Waals surface area contributed by atoms with E-state index in [4.69, 9.17) is 0 Å². The smallest absolute Gasteiger partial charge is 0.284 e. The van der Waals surface area contributed by atoms with Crippen LogP contribution in [0.2, 0.25) is 0 Å². The van der Waals surface area contributed by atoms with E-state index >= 15 is 0 Å². The maximum atomic E-state index is 13.0. The van der Waals surface area contributed by atoms with Gasteiger partial charge in [-0.2, -0.15) is 0 Å². The van der Waals surface area contributed by atoms with Crippen molar-refractivity contribution < 1.29 is 9.72 Å². The largest absolute Gasteiger partial charge is 0.286 e. The molecule has 2 aromatic rings. The third-order valence-corrected chi connectivity index (χ3v) is 5.84. The number of aryl methyl sites for hydroxylation is 1. The molecule has 0 saturated carbocycles. The first-order valence-corrected chi connectivity index (χ1v) is 10.7. The molecule has 3 rings (SSSR count). The minimum atomic E-state index is -0.453. The van der Waals surface area contributed by atoms with E-state index in [9.17, 15) is 14.9 Å². The number of halogens is 1. The molecule has 0 aliphatic carbocycles. The van der Waals surface area contributed by atoms with Gasteiger partial charge in [0.2, 0.25) is 0 Å². The first-order chi connectivity index (χ1) is 13.7. The number of carbonyl (C=O) groups is 1. The van der Waals surface area contributed by atoms with E-state index in [0.717, 1.165) is 11.3 Å². The zero-order valence-electron chi connectivity index (χ0n) is 16.3. The summed E-state index contributed by atoms with van der Waals surface area (Å²) < 4.78 is 0.401. The average molecular weight is 474 g/mol. The van der Waals surface area contributed by atoms with Crippen LogP contribution in [0.3, 0.4) is 0 Å². The summed E-state index contributed by atoms with van der Waals surface area (Å²) in [7, 11) is 0. The second-order valence-electron chi connectivity index (χ2n) is 7.12. The van der Waals surface area contributed by atoms with Crippen LogP contribution in [-0.2, 0) is 4.79 Å². The molecule has 2 aromatic carbocycles. The van der Waals surface area contributed by atoms with Gasteiger partial charge in [-0.1, -0.05) is 37.6 Å². The van der Waals surface area contributed by atoms with Gasteiger partial charge in [-0.15, -0.1) is 0 Å². The minimum absolute atomic E-state index is 0.0395. The lowest BCUT2D eigenvalue weighted by molar-refractivity contribution is -0.385. The van der Waals surface area contributed by atoms with E-state index in [1.54, 1.807) is 23.1 Å². The van der Waals surface area contributed by atoms with Crippen molar-refractivity contribution >= 4 is 56.2 Å². The number of amides is 1. The number of rotatable bonds is 5. The average Bonchev–Trinajstić information content (AvgIpc) is 2.93. The molecule has 0 unspecified atom stereocenters. The Balaban J connectivity index is 1.97. The van der Waals surface area contributed by atoms with Gasteiger partial charge in [-0.25, -0.2) is 4.99 Å². The maximum absolute atomic E-state index is 13.0. The Morgan fingerprint density at radius 1 is 1.24 bits per heavy atom. The fourth-order valence-electron chi connectivity index (χ4n) is 2.76. The summed E-state index contributed by atoms with van der Waals surface area (Å²) >= 11 is 4.47. The monoisotopic (exact) mass is 473 g/mol. The van der Waals surface area contributed by atoms with E-state index < -0.39 is 4.92 Å². The summed E-state index contributed by atoms with van der Waals surface area (Å²) in [6.45, 7) is 6.64. The number of thioether (sulfide) groups is 1. The van der Waals surface area contributed by atoms with Gasteiger partial charge < -0.3 is 0 Å². The Bertz CT molecular complexity index is 1020. The van der Waals surface area contributed by atoms with Gasteiger partial charge in [0.05, 0.1) is 20.0 Å². The molecular formula is C21H20BrN3O3S. The Morgan fingerprint density at radius 2 is 1.93 bits per heavy atom. The van der Waals surface area contributed by atoms with Crippen molar-refractivity contribution in [3.8, 4) is 0 Å². The number of hydrogen-bond acceptors (Lipinski definition) is 5. The molecule has 0 aromatic heterocycles. The summed E-state index contributed by atoms with van der Waals surface area (Å²) in [4.78, 5) is 30.6. The lowest BCUT2D eigenvalue weighted by atomic mass is 10.1. The molecule has 8 heteroatoms. The quantitative estimate of drug-likeness (QED) is 0.306.